The summed E-state index contributed by atoms with van der Waals surface area (Å²) < 4.78 is 2.56. The summed E-state index contributed by atoms with van der Waals surface area (Å²) in [5.41, 5.74) is 15.5. The van der Waals surface area contributed by atoms with Crippen molar-refractivity contribution in [2.75, 3.05) is 11.9 Å². The molecule has 0 saturated heterocycles. The van der Waals surface area contributed by atoms with E-state index in [1.54, 1.807) is 0 Å². The lowest BCUT2D eigenvalue weighted by Crippen LogP contribution is -2.21. The molecule has 2 heteroatoms. The molecular weight excluding hydrogens is 520 g/mol. The van der Waals surface area contributed by atoms with Gasteiger partial charge in [0.25, 0.3) is 0 Å². The molecule has 0 atom stereocenters. The van der Waals surface area contributed by atoms with E-state index in [0.717, 1.165) is 25.9 Å². The number of aryl methyl sites for hydroxylation is 2. The molecule has 7 rings (SSSR count). The molecule has 5 aromatic carbocycles. The fourth-order valence-corrected chi connectivity index (χ4v) is 6.80. The van der Waals surface area contributed by atoms with E-state index in [2.05, 4.69) is 133 Å². The molecule has 0 amide bonds. The highest BCUT2D eigenvalue weighted by molar-refractivity contribution is 6.11. The summed E-state index contributed by atoms with van der Waals surface area (Å²) in [6.45, 7) is 14.5. The molecule has 0 radical (unpaired) electrons. The summed E-state index contributed by atoms with van der Waals surface area (Å²) in [6.07, 6.45) is 2.00. The topological polar surface area (TPSA) is 8.17 Å². The van der Waals surface area contributed by atoms with Crippen LogP contribution in [-0.4, -0.2) is 11.6 Å². The number of nitrogens with zero attached hydrogens (tertiary/aromatic N) is 2. The van der Waals surface area contributed by atoms with Crippen molar-refractivity contribution in [3.63, 3.8) is 0 Å². The van der Waals surface area contributed by atoms with Crippen LogP contribution in [-0.2, 0) is 25.9 Å². The van der Waals surface area contributed by atoms with Gasteiger partial charge in [-0.1, -0.05) is 113 Å². The van der Waals surface area contributed by atoms with E-state index in [4.69, 9.17) is 0 Å². The molecule has 0 bridgehead atoms. The van der Waals surface area contributed by atoms with E-state index in [0.29, 0.717) is 0 Å². The normalized spacial score (nSPS) is 11.6. The maximum atomic E-state index is 2.56. The van der Waals surface area contributed by atoms with Crippen molar-refractivity contribution >= 4 is 27.5 Å². The Hall–Kier alpha value is -4.30. The number of aromatic nitrogens is 1. The standard InChI is InChI=1S/C37H34N2.2C2H6/c1-4-39-35-17-11-10-16-31(35)36-25(2)34(32-22-28-14-8-9-15-29(28)23-33(32)37(36)39)24-38(3)30-20-18-27(19-21-30)26-12-6-5-7-13-26;2*1-2/h5-21H,4,22-24H2,1-3H3;2*1-2H3. The predicted octanol–water partition coefficient (Wildman–Crippen LogP) is 11.0. The van der Waals surface area contributed by atoms with E-state index in [-0.39, 0.29) is 0 Å². The van der Waals surface area contributed by atoms with E-state index in [9.17, 15) is 0 Å². The van der Waals surface area contributed by atoms with Gasteiger partial charge in [-0.2, -0.15) is 0 Å². The minimum Gasteiger partial charge on any atom is -0.370 e. The van der Waals surface area contributed by atoms with Crippen LogP contribution in [0.4, 0.5) is 5.69 Å². The zero-order chi connectivity index (χ0) is 30.5. The Balaban J connectivity index is 0.000000885. The molecular formula is C41H46N2. The van der Waals surface area contributed by atoms with Gasteiger partial charge in [-0.15, -0.1) is 0 Å². The van der Waals surface area contributed by atoms with E-state index >= 15 is 0 Å². The maximum absolute atomic E-state index is 2.56. The molecule has 1 aromatic heterocycles. The smallest absolute Gasteiger partial charge is 0.0533 e. The van der Waals surface area contributed by atoms with Gasteiger partial charge < -0.3 is 9.47 Å². The molecule has 1 heterocycles. The Morgan fingerprint density at radius 3 is 1.86 bits per heavy atom. The molecule has 0 N–H and O–H groups in total. The van der Waals surface area contributed by atoms with Crippen molar-refractivity contribution in [3.05, 3.63) is 137 Å². The van der Waals surface area contributed by atoms with Gasteiger partial charge in [0.1, 0.15) is 0 Å². The summed E-state index contributed by atoms with van der Waals surface area (Å²) >= 11 is 0. The predicted molar refractivity (Wildman–Crippen MR) is 189 cm³/mol. The van der Waals surface area contributed by atoms with E-state index in [1.807, 2.05) is 27.7 Å². The molecule has 0 spiro atoms. The molecule has 0 fully saturated rings. The molecule has 1 aliphatic rings. The first kappa shape index (κ1) is 30.2. The third-order valence-corrected chi connectivity index (χ3v) is 8.79. The summed E-state index contributed by atoms with van der Waals surface area (Å²) in [7, 11) is 2.24. The number of fused-ring (bicyclic) bond motifs is 6. The van der Waals surface area contributed by atoms with Crippen LogP contribution >= 0.6 is 0 Å². The van der Waals surface area contributed by atoms with Crippen LogP contribution in [0.1, 0.15) is 68.0 Å². The highest BCUT2D eigenvalue weighted by atomic mass is 15.1. The molecule has 2 nitrogen and oxygen atoms in total. The van der Waals surface area contributed by atoms with E-state index in [1.165, 1.54) is 72.0 Å². The Kier molecular flexibility index (Phi) is 9.36. The summed E-state index contributed by atoms with van der Waals surface area (Å²) in [4.78, 5) is 2.42. The minimum atomic E-state index is 0.891. The maximum Gasteiger partial charge on any atom is 0.0533 e. The van der Waals surface area contributed by atoms with Crippen LogP contribution < -0.4 is 4.90 Å². The van der Waals surface area contributed by atoms with Crippen molar-refractivity contribution in [1.82, 2.24) is 4.57 Å². The van der Waals surface area contributed by atoms with Gasteiger partial charge in [0.15, 0.2) is 0 Å². The molecule has 1 aliphatic carbocycles. The number of hydrogen-bond acceptors (Lipinski definition) is 1. The molecule has 6 aromatic rings. The largest absolute Gasteiger partial charge is 0.370 e. The molecule has 220 valence electrons. The average molecular weight is 567 g/mol. The number of benzene rings is 5. The molecule has 0 aliphatic heterocycles. The van der Waals surface area contributed by atoms with Gasteiger partial charge in [-0.05, 0) is 83.0 Å². The summed E-state index contributed by atoms with van der Waals surface area (Å²) in [6, 6.07) is 37.7. The fourth-order valence-electron chi connectivity index (χ4n) is 6.80. The quantitative estimate of drug-likeness (QED) is 0.201. The zero-order valence-corrected chi connectivity index (χ0v) is 27.0. The van der Waals surface area contributed by atoms with Gasteiger partial charge in [0.05, 0.1) is 5.52 Å². The van der Waals surface area contributed by atoms with Crippen LogP contribution in [0.15, 0.2) is 103 Å². The van der Waals surface area contributed by atoms with Crippen LogP contribution in [0.25, 0.3) is 32.9 Å². The van der Waals surface area contributed by atoms with Crippen LogP contribution in [0.2, 0.25) is 0 Å². The highest BCUT2D eigenvalue weighted by Crippen LogP contribution is 2.42. The Labute approximate surface area is 258 Å². The minimum absolute atomic E-state index is 0.891. The number of rotatable bonds is 5. The van der Waals surface area contributed by atoms with Gasteiger partial charge in [0, 0.05) is 48.5 Å². The number of anilines is 1. The van der Waals surface area contributed by atoms with E-state index < -0.39 is 0 Å². The average Bonchev–Trinajstić information content (AvgIpc) is 3.43. The van der Waals surface area contributed by atoms with Crippen molar-refractivity contribution in [2.24, 2.45) is 0 Å². The second-order valence-corrected chi connectivity index (χ2v) is 10.9. The zero-order valence-electron chi connectivity index (χ0n) is 27.0. The second kappa shape index (κ2) is 13.3. The van der Waals surface area contributed by atoms with Crippen LogP contribution in [0, 0.1) is 6.92 Å². The monoisotopic (exact) mass is 566 g/mol. The summed E-state index contributed by atoms with van der Waals surface area (Å²) in [5.74, 6) is 0. The second-order valence-electron chi connectivity index (χ2n) is 10.9. The van der Waals surface area contributed by atoms with Crippen LogP contribution in [0.5, 0.6) is 0 Å². The van der Waals surface area contributed by atoms with Gasteiger partial charge in [-0.25, -0.2) is 0 Å². The summed E-state index contributed by atoms with van der Waals surface area (Å²) in [5, 5.41) is 2.82. The Morgan fingerprint density at radius 1 is 0.651 bits per heavy atom. The van der Waals surface area contributed by atoms with Crippen molar-refractivity contribution in [2.45, 2.75) is 67.5 Å². The van der Waals surface area contributed by atoms with Gasteiger partial charge >= 0.3 is 0 Å². The van der Waals surface area contributed by atoms with Gasteiger partial charge in [-0.3, -0.25) is 0 Å². The Morgan fingerprint density at radius 2 is 1.21 bits per heavy atom. The molecule has 0 unspecified atom stereocenters. The first-order valence-electron chi connectivity index (χ1n) is 16.1. The lowest BCUT2D eigenvalue weighted by Gasteiger charge is -2.29. The highest BCUT2D eigenvalue weighted by Gasteiger charge is 2.27. The first-order valence-corrected chi connectivity index (χ1v) is 16.1. The third kappa shape index (κ3) is 5.47. The third-order valence-electron chi connectivity index (χ3n) is 8.79. The van der Waals surface area contributed by atoms with Crippen molar-refractivity contribution < 1.29 is 0 Å². The molecule has 0 saturated carbocycles. The van der Waals surface area contributed by atoms with Crippen LogP contribution in [0.3, 0.4) is 0 Å². The molecule has 43 heavy (non-hydrogen) atoms. The lowest BCUT2D eigenvalue weighted by atomic mass is 9.80. The van der Waals surface area contributed by atoms with Gasteiger partial charge in [0.2, 0.25) is 0 Å². The first-order chi connectivity index (χ1) is 21.1. The number of hydrogen-bond donors (Lipinski definition) is 0. The Bertz CT molecular complexity index is 1820. The van der Waals surface area contributed by atoms with Crippen molar-refractivity contribution in [3.8, 4) is 11.1 Å². The van der Waals surface area contributed by atoms with Crippen molar-refractivity contribution in [1.29, 1.82) is 0 Å². The SMILES string of the molecule is CC.CC.CCn1c2ccccc2c2c(C)c(CN(C)c3ccc(-c4ccccc4)cc3)c3c(c21)Cc1ccccc1C3. The fraction of sp³-hybridized carbons (Fsp3) is 0.268. The lowest BCUT2D eigenvalue weighted by molar-refractivity contribution is 0.815. The number of para-hydroxylation sites is 1.